The highest BCUT2D eigenvalue weighted by Gasteiger charge is 2.26. The minimum Gasteiger partial charge on any atom is -0.310 e. The molecule has 106 valence electrons. The maximum absolute atomic E-state index is 11.9. The number of aryl methyl sites for hydroxylation is 1. The van der Waals surface area contributed by atoms with E-state index in [1.165, 1.54) is 6.07 Å². The Balaban J connectivity index is 2.00. The number of nitrogens with zero attached hydrogens (tertiary/aromatic N) is 3. The largest absolute Gasteiger partial charge is 0.310 e. The zero-order chi connectivity index (χ0) is 14.1. The van der Waals surface area contributed by atoms with Crippen molar-refractivity contribution < 1.29 is 0 Å². The summed E-state index contributed by atoms with van der Waals surface area (Å²) in [4.78, 5) is 19.4. The van der Waals surface area contributed by atoms with Gasteiger partial charge in [0.05, 0.1) is 17.1 Å². The Bertz CT molecular complexity index is 666. The van der Waals surface area contributed by atoms with Crippen molar-refractivity contribution in [2.24, 2.45) is 7.05 Å². The Kier molecular flexibility index (Phi) is 3.89. The lowest BCUT2D eigenvalue weighted by atomic mass is 10.2. The molecule has 0 radical (unpaired) electrons. The second-order valence-electron chi connectivity index (χ2n) is 4.79. The summed E-state index contributed by atoms with van der Waals surface area (Å²) < 4.78 is 1.71. The van der Waals surface area contributed by atoms with Crippen molar-refractivity contribution in [1.29, 1.82) is 0 Å². The number of hydrogen-bond donors (Lipinski definition) is 1. The van der Waals surface area contributed by atoms with Crippen LogP contribution in [0.25, 0.3) is 11.3 Å². The smallest absolute Gasteiger partial charge is 0.251 e. The van der Waals surface area contributed by atoms with Crippen LogP contribution in [0.5, 0.6) is 0 Å². The summed E-state index contributed by atoms with van der Waals surface area (Å²) in [5.41, 5.74) is 1.47. The standard InChI is InChI=1S/C13H16N4OS2/c1-8-12(20-4-3-19-8)13-15-10(5-11(18)16-13)9-6-14-17(2)7-9/h5-8,12H,3-4H2,1-2H3,(H,15,16,18). The SMILES string of the molecule is CC1SCCSC1c1nc(-c2cnn(C)c2)cc(=O)[nH]1. The molecule has 3 heterocycles. The quantitative estimate of drug-likeness (QED) is 0.920. The fourth-order valence-corrected chi connectivity index (χ4v) is 4.96. The van der Waals surface area contributed by atoms with E-state index in [0.717, 1.165) is 22.9 Å². The van der Waals surface area contributed by atoms with Gasteiger partial charge in [0, 0.05) is 41.6 Å². The van der Waals surface area contributed by atoms with E-state index in [4.69, 9.17) is 0 Å². The van der Waals surface area contributed by atoms with E-state index in [2.05, 4.69) is 22.0 Å². The molecule has 5 nitrogen and oxygen atoms in total. The van der Waals surface area contributed by atoms with Crippen LogP contribution in [-0.4, -0.2) is 36.5 Å². The van der Waals surface area contributed by atoms with Gasteiger partial charge in [-0.1, -0.05) is 6.92 Å². The van der Waals surface area contributed by atoms with Crippen molar-refractivity contribution >= 4 is 23.5 Å². The van der Waals surface area contributed by atoms with Crippen molar-refractivity contribution in [2.45, 2.75) is 17.4 Å². The highest BCUT2D eigenvalue weighted by Crippen LogP contribution is 2.40. The van der Waals surface area contributed by atoms with Gasteiger partial charge in [-0.05, 0) is 0 Å². The number of H-pyrrole nitrogens is 1. The number of aromatic amines is 1. The summed E-state index contributed by atoms with van der Waals surface area (Å²) in [7, 11) is 1.85. The van der Waals surface area contributed by atoms with Crippen LogP contribution in [0, 0.1) is 0 Å². The van der Waals surface area contributed by atoms with Crippen molar-refractivity contribution in [1.82, 2.24) is 19.7 Å². The van der Waals surface area contributed by atoms with Crippen LogP contribution in [0.4, 0.5) is 0 Å². The molecule has 0 spiro atoms. The maximum Gasteiger partial charge on any atom is 0.251 e. The lowest BCUT2D eigenvalue weighted by Gasteiger charge is -2.26. The fourth-order valence-electron chi connectivity index (χ4n) is 2.25. The van der Waals surface area contributed by atoms with Gasteiger partial charge in [-0.2, -0.15) is 16.9 Å². The number of hydrogen-bond acceptors (Lipinski definition) is 5. The molecule has 3 rings (SSSR count). The Morgan fingerprint density at radius 1 is 1.40 bits per heavy atom. The van der Waals surface area contributed by atoms with Gasteiger partial charge in [0.1, 0.15) is 5.82 Å². The number of nitrogens with one attached hydrogen (secondary N) is 1. The van der Waals surface area contributed by atoms with Crippen LogP contribution >= 0.6 is 23.5 Å². The topological polar surface area (TPSA) is 63.6 Å². The summed E-state index contributed by atoms with van der Waals surface area (Å²) in [5, 5.41) is 4.84. The maximum atomic E-state index is 11.9. The second-order valence-corrected chi connectivity index (χ2v) is 7.52. The van der Waals surface area contributed by atoms with Gasteiger partial charge >= 0.3 is 0 Å². The van der Waals surface area contributed by atoms with Gasteiger partial charge < -0.3 is 4.98 Å². The average molecular weight is 308 g/mol. The first-order valence-electron chi connectivity index (χ1n) is 6.47. The lowest BCUT2D eigenvalue weighted by molar-refractivity contribution is 0.768. The Labute approximate surface area is 125 Å². The van der Waals surface area contributed by atoms with E-state index in [0.29, 0.717) is 10.9 Å². The molecule has 2 aromatic rings. The first kappa shape index (κ1) is 13.8. The third-order valence-corrected chi connectivity index (χ3v) is 6.32. The summed E-state index contributed by atoms with van der Waals surface area (Å²) >= 11 is 3.80. The van der Waals surface area contributed by atoms with E-state index in [1.54, 1.807) is 10.9 Å². The minimum atomic E-state index is -0.0998. The zero-order valence-electron chi connectivity index (χ0n) is 11.4. The molecule has 2 aromatic heterocycles. The predicted molar refractivity (Wildman–Crippen MR) is 84.2 cm³/mol. The van der Waals surface area contributed by atoms with Crippen molar-refractivity contribution in [2.75, 3.05) is 11.5 Å². The molecule has 0 aliphatic carbocycles. The van der Waals surface area contributed by atoms with E-state index in [1.807, 2.05) is 36.8 Å². The minimum absolute atomic E-state index is 0.0998. The van der Waals surface area contributed by atoms with E-state index in [9.17, 15) is 4.79 Å². The van der Waals surface area contributed by atoms with E-state index in [-0.39, 0.29) is 10.8 Å². The first-order valence-corrected chi connectivity index (χ1v) is 8.57. The van der Waals surface area contributed by atoms with Crippen molar-refractivity contribution in [3.8, 4) is 11.3 Å². The van der Waals surface area contributed by atoms with Crippen LogP contribution in [0.15, 0.2) is 23.3 Å². The zero-order valence-corrected chi connectivity index (χ0v) is 13.0. The fraction of sp³-hybridized carbons (Fsp3) is 0.462. The monoisotopic (exact) mass is 308 g/mol. The molecule has 0 aromatic carbocycles. The molecule has 0 bridgehead atoms. The Morgan fingerprint density at radius 3 is 2.90 bits per heavy atom. The Morgan fingerprint density at radius 2 is 2.20 bits per heavy atom. The third kappa shape index (κ3) is 2.78. The van der Waals surface area contributed by atoms with E-state index < -0.39 is 0 Å². The van der Waals surface area contributed by atoms with Gasteiger partial charge in [-0.15, -0.1) is 11.8 Å². The Hall–Kier alpha value is -1.21. The molecular formula is C13H16N4OS2. The highest BCUT2D eigenvalue weighted by atomic mass is 32.2. The molecule has 7 heteroatoms. The van der Waals surface area contributed by atoms with Crippen molar-refractivity contribution in [3.63, 3.8) is 0 Å². The molecule has 1 aliphatic heterocycles. The van der Waals surface area contributed by atoms with Gasteiger partial charge in [0.2, 0.25) is 0 Å². The summed E-state index contributed by atoms with van der Waals surface area (Å²) in [6.45, 7) is 2.19. The molecule has 2 atom stereocenters. The summed E-state index contributed by atoms with van der Waals surface area (Å²) in [5.74, 6) is 3.04. The van der Waals surface area contributed by atoms with Crippen LogP contribution < -0.4 is 5.56 Å². The molecule has 2 unspecified atom stereocenters. The van der Waals surface area contributed by atoms with Crippen LogP contribution in [0.1, 0.15) is 18.0 Å². The second kappa shape index (κ2) is 5.65. The number of rotatable bonds is 2. The first-order chi connectivity index (χ1) is 9.63. The highest BCUT2D eigenvalue weighted by molar-refractivity contribution is 8.06. The molecule has 1 fully saturated rings. The number of aromatic nitrogens is 4. The van der Waals surface area contributed by atoms with Gasteiger partial charge in [0.25, 0.3) is 5.56 Å². The normalized spacial score (nSPS) is 22.9. The molecule has 0 saturated carbocycles. The van der Waals surface area contributed by atoms with Crippen LogP contribution in [0.3, 0.4) is 0 Å². The van der Waals surface area contributed by atoms with Gasteiger partial charge in [-0.25, -0.2) is 4.98 Å². The summed E-state index contributed by atoms with van der Waals surface area (Å²) in [6, 6.07) is 1.53. The number of thioether (sulfide) groups is 2. The molecular weight excluding hydrogens is 292 g/mol. The lowest BCUT2D eigenvalue weighted by Crippen LogP contribution is -2.21. The molecule has 0 amide bonds. The predicted octanol–water partition coefficient (Wildman–Crippen LogP) is 2.08. The third-order valence-electron chi connectivity index (χ3n) is 3.22. The molecule has 1 N–H and O–H groups in total. The average Bonchev–Trinajstić information content (AvgIpc) is 2.85. The molecule has 1 aliphatic rings. The molecule has 20 heavy (non-hydrogen) atoms. The molecule has 1 saturated heterocycles. The van der Waals surface area contributed by atoms with Gasteiger partial charge in [-0.3, -0.25) is 9.48 Å². The van der Waals surface area contributed by atoms with Crippen molar-refractivity contribution in [3.05, 3.63) is 34.6 Å². The van der Waals surface area contributed by atoms with Gasteiger partial charge in [0.15, 0.2) is 0 Å². The van der Waals surface area contributed by atoms with Crippen LogP contribution in [-0.2, 0) is 7.05 Å². The van der Waals surface area contributed by atoms with Crippen LogP contribution in [0.2, 0.25) is 0 Å². The summed E-state index contributed by atoms with van der Waals surface area (Å²) in [6.07, 6.45) is 3.61. The van der Waals surface area contributed by atoms with E-state index >= 15 is 0 Å².